The number of methoxy groups -OCH3 is 1. The summed E-state index contributed by atoms with van der Waals surface area (Å²) in [5, 5.41) is 0. The van der Waals surface area contributed by atoms with Crippen molar-refractivity contribution in [2.24, 2.45) is 0 Å². The van der Waals surface area contributed by atoms with Gasteiger partial charge >= 0.3 is 6.09 Å². The van der Waals surface area contributed by atoms with Crippen LogP contribution >= 0.6 is 0 Å². The molecular weight excluding hydrogens is 134 g/mol. The third-order valence-electron chi connectivity index (χ3n) is 1.13. The lowest BCUT2D eigenvalue weighted by Crippen LogP contribution is -2.32. The molecule has 0 heterocycles. The molecule has 0 N–H and O–H groups in total. The summed E-state index contributed by atoms with van der Waals surface area (Å²) in [6, 6.07) is 0. The number of rotatable bonds is 1. The number of ether oxygens (including phenoxy) is 1. The predicted octanol–water partition coefficient (Wildman–Crippen LogP) is 0.621. The minimum Gasteiger partial charge on any atom is -0.452 e. The van der Waals surface area contributed by atoms with Crippen LogP contribution in [0, 0.1) is 0 Å². The highest BCUT2D eigenvalue weighted by molar-refractivity contribution is 5.91. The summed E-state index contributed by atoms with van der Waals surface area (Å²) in [5.74, 6) is -0.244. The highest BCUT2D eigenvalue weighted by atomic mass is 16.5. The Kier molecular flexibility index (Phi) is 3.46. The topological polar surface area (TPSA) is 46.6 Å². The van der Waals surface area contributed by atoms with Crippen LogP contribution in [-0.2, 0) is 9.53 Å². The van der Waals surface area contributed by atoms with Gasteiger partial charge in [0.15, 0.2) is 0 Å². The van der Waals surface area contributed by atoms with Gasteiger partial charge in [0.2, 0.25) is 5.91 Å². The zero-order valence-electron chi connectivity index (χ0n) is 6.38. The van der Waals surface area contributed by atoms with Crippen molar-refractivity contribution >= 4 is 12.0 Å². The molecule has 0 fully saturated rings. The zero-order chi connectivity index (χ0) is 8.15. The lowest BCUT2D eigenvalue weighted by atomic mass is 10.4. The molecule has 10 heavy (non-hydrogen) atoms. The van der Waals surface area contributed by atoms with Crippen LogP contribution in [0.25, 0.3) is 0 Å². The molecule has 0 unspecified atom stereocenters. The van der Waals surface area contributed by atoms with Crippen molar-refractivity contribution in [3.8, 4) is 0 Å². The molecule has 0 radical (unpaired) electrons. The first-order valence-corrected chi connectivity index (χ1v) is 2.98. The van der Waals surface area contributed by atoms with Gasteiger partial charge in [0.05, 0.1) is 7.11 Å². The molecule has 4 heteroatoms. The summed E-state index contributed by atoms with van der Waals surface area (Å²) in [4.78, 5) is 22.3. The largest absolute Gasteiger partial charge is 0.452 e. The molecule has 0 aliphatic heterocycles. The van der Waals surface area contributed by atoms with Gasteiger partial charge in [-0.15, -0.1) is 0 Å². The van der Waals surface area contributed by atoms with E-state index in [0.29, 0.717) is 6.42 Å². The highest BCUT2D eigenvalue weighted by Crippen LogP contribution is 1.91. The van der Waals surface area contributed by atoms with E-state index in [1.807, 2.05) is 0 Å². The number of nitrogens with zero attached hydrogens (tertiary/aromatic N) is 1. The SMILES string of the molecule is CCC(=O)N(C)C(=O)OC. The van der Waals surface area contributed by atoms with Crippen LogP contribution in [0.2, 0.25) is 0 Å². The molecule has 0 aromatic carbocycles. The predicted molar refractivity (Wildman–Crippen MR) is 35.5 cm³/mol. The van der Waals surface area contributed by atoms with Crippen LogP contribution in [-0.4, -0.2) is 31.1 Å². The molecule has 0 bridgehead atoms. The summed E-state index contributed by atoms with van der Waals surface area (Å²) in [6.45, 7) is 1.68. The van der Waals surface area contributed by atoms with E-state index in [1.165, 1.54) is 14.2 Å². The normalized spacial score (nSPS) is 8.70. The molecule has 0 atom stereocenters. The maximum absolute atomic E-state index is 10.7. The molecule has 0 aliphatic carbocycles. The van der Waals surface area contributed by atoms with Gasteiger partial charge in [0.25, 0.3) is 0 Å². The quantitative estimate of drug-likeness (QED) is 0.543. The van der Waals surface area contributed by atoms with Crippen LogP contribution in [0.15, 0.2) is 0 Å². The number of amides is 2. The Morgan fingerprint density at radius 1 is 1.50 bits per heavy atom. The molecule has 4 nitrogen and oxygen atoms in total. The fraction of sp³-hybridized carbons (Fsp3) is 0.667. The Balaban J connectivity index is 3.94. The summed E-state index contributed by atoms with van der Waals surface area (Å²) in [7, 11) is 2.62. The van der Waals surface area contributed by atoms with E-state index in [4.69, 9.17) is 0 Å². The van der Waals surface area contributed by atoms with Crippen molar-refractivity contribution in [2.45, 2.75) is 13.3 Å². The zero-order valence-corrected chi connectivity index (χ0v) is 6.38. The molecule has 0 saturated carbocycles. The maximum Gasteiger partial charge on any atom is 0.415 e. The molecule has 0 aromatic heterocycles. The minimum absolute atomic E-state index is 0.244. The monoisotopic (exact) mass is 145 g/mol. The van der Waals surface area contributed by atoms with Gasteiger partial charge in [-0.25, -0.2) is 4.79 Å². The maximum atomic E-state index is 10.7. The Morgan fingerprint density at radius 2 is 2.00 bits per heavy atom. The molecular formula is C6H11NO3. The smallest absolute Gasteiger partial charge is 0.415 e. The van der Waals surface area contributed by atoms with Crippen molar-refractivity contribution in [3.63, 3.8) is 0 Å². The summed E-state index contributed by atoms with van der Waals surface area (Å²) in [6.07, 6.45) is -0.308. The van der Waals surface area contributed by atoms with Gasteiger partial charge in [-0.3, -0.25) is 9.69 Å². The minimum atomic E-state index is -0.619. The summed E-state index contributed by atoms with van der Waals surface area (Å²) < 4.78 is 4.30. The van der Waals surface area contributed by atoms with Crippen LogP contribution in [0.5, 0.6) is 0 Å². The van der Waals surface area contributed by atoms with Crippen LogP contribution in [0.1, 0.15) is 13.3 Å². The molecule has 0 saturated heterocycles. The van der Waals surface area contributed by atoms with Gasteiger partial charge in [-0.1, -0.05) is 6.92 Å². The number of hydrogen-bond acceptors (Lipinski definition) is 3. The Morgan fingerprint density at radius 3 is 2.30 bits per heavy atom. The van der Waals surface area contributed by atoms with E-state index in [1.54, 1.807) is 6.92 Å². The lowest BCUT2D eigenvalue weighted by molar-refractivity contribution is -0.127. The van der Waals surface area contributed by atoms with Gasteiger partial charge in [-0.2, -0.15) is 0 Å². The molecule has 0 aliphatic rings. The van der Waals surface area contributed by atoms with E-state index >= 15 is 0 Å². The standard InChI is InChI=1S/C6H11NO3/c1-4-5(8)7(2)6(9)10-3/h4H2,1-3H3. The highest BCUT2D eigenvalue weighted by Gasteiger charge is 2.13. The van der Waals surface area contributed by atoms with Gasteiger partial charge in [0.1, 0.15) is 0 Å². The molecule has 0 aromatic rings. The number of carbonyl (C=O) groups excluding carboxylic acids is 2. The molecule has 0 rings (SSSR count). The Bertz CT molecular complexity index is 128. The first kappa shape index (κ1) is 8.94. The second-order valence-corrected chi connectivity index (χ2v) is 1.78. The van der Waals surface area contributed by atoms with Crippen molar-refractivity contribution in [2.75, 3.05) is 14.2 Å². The van der Waals surface area contributed by atoms with Crippen molar-refractivity contribution in [1.29, 1.82) is 0 Å². The fourth-order valence-corrected chi connectivity index (χ4v) is 0.476. The van der Waals surface area contributed by atoms with E-state index in [9.17, 15) is 9.59 Å². The third-order valence-corrected chi connectivity index (χ3v) is 1.13. The van der Waals surface area contributed by atoms with Gasteiger partial charge in [0, 0.05) is 13.5 Å². The van der Waals surface area contributed by atoms with E-state index in [0.717, 1.165) is 4.90 Å². The van der Waals surface area contributed by atoms with E-state index < -0.39 is 6.09 Å². The van der Waals surface area contributed by atoms with E-state index in [2.05, 4.69) is 4.74 Å². The Labute approximate surface area is 59.8 Å². The summed E-state index contributed by atoms with van der Waals surface area (Å²) >= 11 is 0. The van der Waals surface area contributed by atoms with Gasteiger partial charge < -0.3 is 4.74 Å². The van der Waals surface area contributed by atoms with Crippen molar-refractivity contribution < 1.29 is 14.3 Å². The van der Waals surface area contributed by atoms with Crippen LogP contribution in [0.3, 0.4) is 0 Å². The van der Waals surface area contributed by atoms with Crippen molar-refractivity contribution in [1.82, 2.24) is 4.90 Å². The molecule has 0 spiro atoms. The average Bonchev–Trinajstić information content (AvgIpc) is 2.00. The number of imide groups is 1. The van der Waals surface area contributed by atoms with Crippen LogP contribution in [0.4, 0.5) is 4.79 Å². The van der Waals surface area contributed by atoms with Crippen LogP contribution < -0.4 is 0 Å². The average molecular weight is 145 g/mol. The van der Waals surface area contributed by atoms with Crippen molar-refractivity contribution in [3.05, 3.63) is 0 Å². The number of hydrogen-bond donors (Lipinski definition) is 0. The van der Waals surface area contributed by atoms with E-state index in [-0.39, 0.29) is 5.91 Å². The third kappa shape index (κ3) is 2.05. The molecule has 58 valence electrons. The van der Waals surface area contributed by atoms with Gasteiger partial charge in [-0.05, 0) is 0 Å². The first-order valence-electron chi connectivity index (χ1n) is 2.98. The Hall–Kier alpha value is -1.06. The number of carbonyl (C=O) groups is 2. The first-order chi connectivity index (χ1) is 4.63. The summed E-state index contributed by atoms with van der Waals surface area (Å²) in [5.41, 5.74) is 0. The lowest BCUT2D eigenvalue weighted by Gasteiger charge is -2.11. The second kappa shape index (κ2) is 3.87. The molecule has 2 amide bonds. The second-order valence-electron chi connectivity index (χ2n) is 1.78. The fourth-order valence-electron chi connectivity index (χ4n) is 0.476.